The monoisotopic (exact) mass is 577 g/mol. The van der Waals surface area contributed by atoms with E-state index in [1.807, 2.05) is 42.3 Å². The molecule has 40 heavy (non-hydrogen) atoms. The zero-order chi connectivity index (χ0) is 30.0. The first kappa shape index (κ1) is 32.3. The topological polar surface area (TPSA) is 189 Å². The Morgan fingerprint density at radius 3 is 2.15 bits per heavy atom. The molecule has 0 radical (unpaired) electrons. The Labute approximate surface area is 231 Å². The number of allylic oxidation sites excluding steroid dienone is 2. The van der Waals surface area contributed by atoms with Crippen LogP contribution in [0.25, 0.3) is 0 Å². The van der Waals surface area contributed by atoms with Gasteiger partial charge in [-0.3, -0.25) is 15.0 Å². The van der Waals surface area contributed by atoms with Gasteiger partial charge in [-0.1, -0.05) is 42.5 Å². The van der Waals surface area contributed by atoms with Crippen molar-refractivity contribution in [2.75, 3.05) is 27.3 Å². The minimum atomic E-state index is -4.64. The number of carbonyl (C=O) groups is 2. The first-order valence-electron chi connectivity index (χ1n) is 11.9. The molecule has 2 aromatic carbocycles. The Hall–Kier alpha value is -3.87. The SMILES string of the molecule is COC(=O)C1=C(C)NC(C)=C(C(=O)OCCN(C)Cc2ccccc2)C1c1cccc([N+](=O)[O-])c1.O=P(O)(O)O. The molecule has 216 valence electrons. The number of methoxy groups -OCH3 is 1. The van der Waals surface area contributed by atoms with Crippen LogP contribution in [-0.2, 0) is 30.2 Å². The van der Waals surface area contributed by atoms with Crippen molar-refractivity contribution in [3.63, 3.8) is 0 Å². The molecule has 1 unspecified atom stereocenters. The van der Waals surface area contributed by atoms with Gasteiger partial charge < -0.3 is 29.5 Å². The highest BCUT2D eigenvalue weighted by Crippen LogP contribution is 2.40. The molecule has 13 nitrogen and oxygen atoms in total. The van der Waals surface area contributed by atoms with Crippen LogP contribution in [0.5, 0.6) is 0 Å². The molecule has 0 aliphatic carbocycles. The molecule has 1 aliphatic heterocycles. The van der Waals surface area contributed by atoms with Gasteiger partial charge in [0.25, 0.3) is 5.69 Å². The highest BCUT2D eigenvalue weighted by Gasteiger charge is 2.38. The molecule has 0 aromatic heterocycles. The van der Waals surface area contributed by atoms with Gasteiger partial charge in [0.1, 0.15) is 6.61 Å². The van der Waals surface area contributed by atoms with E-state index < -0.39 is 30.6 Å². The molecule has 4 N–H and O–H groups in total. The molecule has 0 saturated heterocycles. The number of non-ortho nitro benzene ring substituents is 1. The summed E-state index contributed by atoms with van der Waals surface area (Å²) in [7, 11) is -1.46. The summed E-state index contributed by atoms with van der Waals surface area (Å²) in [6.07, 6.45) is 0. The van der Waals surface area contributed by atoms with Crippen LogP contribution in [0.15, 0.2) is 77.1 Å². The fourth-order valence-corrected chi connectivity index (χ4v) is 4.14. The van der Waals surface area contributed by atoms with E-state index in [-0.39, 0.29) is 23.4 Å². The summed E-state index contributed by atoms with van der Waals surface area (Å²) >= 11 is 0. The highest BCUT2D eigenvalue weighted by atomic mass is 31.2. The molecule has 0 saturated carbocycles. The maximum atomic E-state index is 13.3. The Morgan fingerprint density at radius 1 is 1.02 bits per heavy atom. The number of nitro benzene ring substituents is 1. The number of phosphoric acid groups is 1. The number of esters is 2. The fourth-order valence-electron chi connectivity index (χ4n) is 4.14. The van der Waals surface area contributed by atoms with Crippen molar-refractivity contribution in [2.24, 2.45) is 0 Å². The Morgan fingerprint density at radius 2 is 1.60 bits per heavy atom. The molecule has 0 spiro atoms. The van der Waals surface area contributed by atoms with Gasteiger partial charge in [-0.2, -0.15) is 0 Å². The molecule has 2 aromatic rings. The van der Waals surface area contributed by atoms with E-state index in [0.717, 1.165) is 5.56 Å². The van der Waals surface area contributed by atoms with Gasteiger partial charge in [0.2, 0.25) is 0 Å². The molecule has 14 heteroatoms. The number of hydrogen-bond donors (Lipinski definition) is 4. The summed E-state index contributed by atoms with van der Waals surface area (Å²) in [6, 6.07) is 15.8. The summed E-state index contributed by atoms with van der Waals surface area (Å²) in [6.45, 7) is 4.74. The number of nitrogens with one attached hydrogen (secondary N) is 1. The standard InChI is InChI=1S/C26H29N3O6.H3O4P/c1-17-22(25(30)34-4)24(20-11-8-12-21(15-20)29(32)33)23(18(2)27-17)26(31)35-14-13-28(3)16-19-9-6-5-7-10-19;1-5(2,3)4/h5-12,15,24,27H,13-14,16H2,1-4H3;(H3,1,2,3,4). The predicted octanol–water partition coefficient (Wildman–Crippen LogP) is 2.75. The zero-order valence-corrected chi connectivity index (χ0v) is 23.3. The van der Waals surface area contributed by atoms with Crippen LogP contribution in [0.2, 0.25) is 0 Å². The number of dihydropyridines is 1. The summed E-state index contributed by atoms with van der Waals surface area (Å²) in [5, 5.41) is 14.4. The van der Waals surface area contributed by atoms with Crippen LogP contribution in [-0.4, -0.2) is 63.8 Å². The van der Waals surface area contributed by atoms with Crippen LogP contribution >= 0.6 is 7.82 Å². The lowest BCUT2D eigenvalue weighted by molar-refractivity contribution is -0.384. The molecule has 1 aliphatic rings. The second-order valence-electron chi connectivity index (χ2n) is 8.85. The van der Waals surface area contributed by atoms with Gasteiger partial charge in [0.15, 0.2) is 0 Å². The molecule has 0 bridgehead atoms. The van der Waals surface area contributed by atoms with Crippen molar-refractivity contribution >= 4 is 25.4 Å². The second-order valence-corrected chi connectivity index (χ2v) is 9.88. The van der Waals surface area contributed by atoms with Gasteiger partial charge in [0, 0.05) is 36.6 Å². The third kappa shape index (κ3) is 9.70. The molecule has 0 fully saturated rings. The molecule has 0 amide bonds. The van der Waals surface area contributed by atoms with Crippen molar-refractivity contribution in [1.29, 1.82) is 0 Å². The maximum Gasteiger partial charge on any atom is 0.466 e. The number of ether oxygens (including phenoxy) is 2. The fraction of sp³-hybridized carbons (Fsp3) is 0.308. The van der Waals surface area contributed by atoms with Crippen molar-refractivity contribution < 1.29 is 43.2 Å². The second kappa shape index (κ2) is 14.5. The van der Waals surface area contributed by atoms with Crippen LogP contribution < -0.4 is 5.32 Å². The largest absolute Gasteiger partial charge is 0.466 e. The van der Waals surface area contributed by atoms with Crippen LogP contribution in [0.3, 0.4) is 0 Å². The Bertz CT molecular complexity index is 1330. The quantitative estimate of drug-likeness (QED) is 0.148. The Kier molecular flexibility index (Phi) is 11.7. The number of rotatable bonds is 9. The molecular formula is C26H32N3O10P. The average molecular weight is 578 g/mol. The lowest BCUT2D eigenvalue weighted by Crippen LogP contribution is -2.33. The third-order valence-electron chi connectivity index (χ3n) is 5.80. The summed E-state index contributed by atoms with van der Waals surface area (Å²) < 4.78 is 19.5. The van der Waals surface area contributed by atoms with Gasteiger partial charge in [-0.15, -0.1) is 0 Å². The number of nitrogens with zero attached hydrogens (tertiary/aromatic N) is 2. The minimum Gasteiger partial charge on any atom is -0.466 e. The van der Waals surface area contributed by atoms with Crippen molar-refractivity contribution in [3.8, 4) is 0 Å². The van der Waals surface area contributed by atoms with Crippen molar-refractivity contribution in [1.82, 2.24) is 10.2 Å². The molecule has 1 heterocycles. The zero-order valence-electron chi connectivity index (χ0n) is 22.4. The first-order valence-corrected chi connectivity index (χ1v) is 13.5. The van der Waals surface area contributed by atoms with Gasteiger partial charge in [-0.25, -0.2) is 14.2 Å². The van der Waals surface area contributed by atoms with E-state index in [2.05, 4.69) is 5.32 Å². The van der Waals surface area contributed by atoms with Crippen molar-refractivity contribution in [3.05, 3.63) is 98.4 Å². The molecule has 3 rings (SSSR count). The average Bonchev–Trinajstić information content (AvgIpc) is 2.87. The van der Waals surface area contributed by atoms with E-state index in [4.69, 9.17) is 28.7 Å². The minimum absolute atomic E-state index is 0.136. The summed E-state index contributed by atoms with van der Waals surface area (Å²) in [4.78, 5) is 60.4. The van der Waals surface area contributed by atoms with E-state index in [0.29, 0.717) is 30.0 Å². The van der Waals surface area contributed by atoms with Crippen LogP contribution in [0.4, 0.5) is 5.69 Å². The van der Waals surface area contributed by atoms with E-state index in [1.54, 1.807) is 19.9 Å². The maximum absolute atomic E-state index is 13.3. The van der Waals surface area contributed by atoms with E-state index in [9.17, 15) is 19.7 Å². The highest BCUT2D eigenvalue weighted by molar-refractivity contribution is 7.45. The Balaban J connectivity index is 0.00000103. The summed E-state index contributed by atoms with van der Waals surface area (Å²) in [5.74, 6) is -2.11. The number of benzene rings is 2. The molecule has 1 atom stereocenters. The predicted molar refractivity (Wildman–Crippen MR) is 144 cm³/mol. The van der Waals surface area contributed by atoms with Crippen LogP contribution in [0.1, 0.15) is 30.9 Å². The smallest absolute Gasteiger partial charge is 0.466 e. The lowest BCUT2D eigenvalue weighted by Gasteiger charge is -2.30. The summed E-state index contributed by atoms with van der Waals surface area (Å²) in [5.41, 5.74) is 2.85. The van der Waals surface area contributed by atoms with E-state index >= 15 is 0 Å². The number of likely N-dealkylation sites (N-methyl/N-ethyl adjacent to an activating group) is 1. The number of nitro groups is 1. The third-order valence-corrected chi connectivity index (χ3v) is 5.80. The number of carbonyl (C=O) groups excluding carboxylic acids is 2. The van der Waals surface area contributed by atoms with Gasteiger partial charge >= 0.3 is 19.8 Å². The molecular weight excluding hydrogens is 545 g/mol. The van der Waals surface area contributed by atoms with Crippen molar-refractivity contribution in [2.45, 2.75) is 26.3 Å². The van der Waals surface area contributed by atoms with Crippen LogP contribution in [0, 0.1) is 10.1 Å². The van der Waals surface area contributed by atoms with Gasteiger partial charge in [0.05, 0.1) is 29.1 Å². The first-order chi connectivity index (χ1) is 18.7. The normalized spacial score (nSPS) is 15.2. The lowest BCUT2D eigenvalue weighted by atomic mass is 9.80. The number of hydrogen-bond acceptors (Lipinski definition) is 9. The van der Waals surface area contributed by atoms with E-state index in [1.165, 1.54) is 25.3 Å². The van der Waals surface area contributed by atoms with Gasteiger partial charge in [-0.05, 0) is 32.0 Å².